The number of benzene rings is 2. The maximum Gasteiger partial charge on any atom is -0.0163 e. The molecule has 0 aliphatic carbocycles. The highest BCUT2D eigenvalue weighted by Gasteiger charge is 2.17. The molecule has 1 atom stereocenters. The molecule has 0 bridgehead atoms. The Balaban J connectivity index is 2.47. The van der Waals surface area contributed by atoms with E-state index in [1.807, 2.05) is 0 Å². The minimum Gasteiger partial charge on any atom is -0.0654 e. The molecule has 0 aliphatic rings. The first-order chi connectivity index (χ1) is 9.65. The van der Waals surface area contributed by atoms with Crippen molar-refractivity contribution < 1.29 is 0 Å². The molecule has 0 saturated heterocycles. The Morgan fingerprint density at radius 2 is 1.45 bits per heavy atom. The molecular formula is C19H25P. The van der Waals surface area contributed by atoms with Crippen LogP contribution in [0.2, 0.25) is 0 Å². The molecule has 2 aromatic carbocycles. The smallest absolute Gasteiger partial charge is 0.0163 e. The highest BCUT2D eigenvalue weighted by molar-refractivity contribution is 7.73. The molecule has 20 heavy (non-hydrogen) atoms. The van der Waals surface area contributed by atoms with E-state index in [0.717, 1.165) is 0 Å². The molecule has 0 aromatic heterocycles. The lowest BCUT2D eigenvalue weighted by molar-refractivity contribution is 0.893. The van der Waals surface area contributed by atoms with Crippen molar-refractivity contribution in [1.29, 1.82) is 0 Å². The van der Waals surface area contributed by atoms with Crippen LogP contribution in [0.1, 0.15) is 36.5 Å². The second-order valence-electron chi connectivity index (χ2n) is 5.51. The van der Waals surface area contributed by atoms with Gasteiger partial charge in [0.25, 0.3) is 0 Å². The monoisotopic (exact) mass is 284 g/mol. The highest BCUT2D eigenvalue weighted by Crippen LogP contribution is 2.37. The highest BCUT2D eigenvalue weighted by atomic mass is 31.1. The Hall–Kier alpha value is -1.13. The lowest BCUT2D eigenvalue weighted by Crippen LogP contribution is -2.19. The first kappa shape index (κ1) is 15.3. The molecule has 1 heteroatoms. The summed E-state index contributed by atoms with van der Waals surface area (Å²) in [5.41, 5.74) is 4.34. The van der Waals surface area contributed by atoms with Gasteiger partial charge in [0.15, 0.2) is 0 Å². The van der Waals surface area contributed by atoms with Crippen molar-refractivity contribution in [1.82, 2.24) is 0 Å². The predicted molar refractivity (Wildman–Crippen MR) is 93.1 cm³/mol. The van der Waals surface area contributed by atoms with Crippen LogP contribution < -0.4 is 10.6 Å². The van der Waals surface area contributed by atoms with Gasteiger partial charge in [-0.15, -0.1) is 0 Å². The fourth-order valence-electron chi connectivity index (χ4n) is 2.58. The Labute approximate surface area is 125 Å². The molecule has 0 N–H and O–H groups in total. The molecule has 0 aliphatic heterocycles. The minimum atomic E-state index is -0.215. The van der Waals surface area contributed by atoms with E-state index in [-0.39, 0.29) is 7.92 Å². The Bertz CT molecular complexity index is 572. The average Bonchev–Trinajstić information content (AvgIpc) is 2.45. The van der Waals surface area contributed by atoms with Crippen molar-refractivity contribution in [2.75, 3.05) is 6.16 Å². The van der Waals surface area contributed by atoms with Gasteiger partial charge in [-0.3, -0.25) is 0 Å². The van der Waals surface area contributed by atoms with E-state index in [1.54, 1.807) is 10.6 Å². The quantitative estimate of drug-likeness (QED) is 0.689. The van der Waals surface area contributed by atoms with Crippen molar-refractivity contribution in [3.8, 4) is 0 Å². The maximum absolute atomic E-state index is 2.34. The van der Waals surface area contributed by atoms with Crippen LogP contribution in [0.5, 0.6) is 0 Å². The number of rotatable bonds is 5. The van der Waals surface area contributed by atoms with Crippen molar-refractivity contribution in [3.05, 3.63) is 59.2 Å². The lowest BCUT2D eigenvalue weighted by Gasteiger charge is -2.23. The SMILES string of the molecule is CCCCP(c1ccccc1C)c1cccc(C)c1C. The molecular weight excluding hydrogens is 259 g/mol. The van der Waals surface area contributed by atoms with Gasteiger partial charge in [-0.25, -0.2) is 0 Å². The van der Waals surface area contributed by atoms with Crippen molar-refractivity contribution >= 4 is 18.5 Å². The summed E-state index contributed by atoms with van der Waals surface area (Å²) < 4.78 is 0. The average molecular weight is 284 g/mol. The van der Waals surface area contributed by atoms with E-state index in [4.69, 9.17) is 0 Å². The predicted octanol–water partition coefficient (Wildman–Crippen LogP) is 4.84. The fraction of sp³-hybridized carbons (Fsp3) is 0.368. The van der Waals surface area contributed by atoms with Gasteiger partial charge in [0.05, 0.1) is 0 Å². The Morgan fingerprint density at radius 3 is 2.15 bits per heavy atom. The third-order valence-electron chi connectivity index (χ3n) is 4.01. The van der Waals surface area contributed by atoms with Crippen LogP contribution in [0.3, 0.4) is 0 Å². The summed E-state index contributed by atoms with van der Waals surface area (Å²) in [7, 11) is -0.215. The molecule has 2 rings (SSSR count). The Morgan fingerprint density at radius 1 is 0.800 bits per heavy atom. The van der Waals surface area contributed by atoms with Gasteiger partial charge in [-0.05, 0) is 68.6 Å². The molecule has 0 fully saturated rings. The molecule has 0 spiro atoms. The minimum absolute atomic E-state index is 0.215. The molecule has 0 amide bonds. The van der Waals surface area contributed by atoms with E-state index in [0.29, 0.717) is 0 Å². The molecule has 1 unspecified atom stereocenters. The summed E-state index contributed by atoms with van der Waals surface area (Å²) in [5.74, 6) is 0. The van der Waals surface area contributed by atoms with Gasteiger partial charge in [0.1, 0.15) is 0 Å². The van der Waals surface area contributed by atoms with Crippen molar-refractivity contribution in [2.24, 2.45) is 0 Å². The zero-order valence-electron chi connectivity index (χ0n) is 13.1. The van der Waals surface area contributed by atoms with Crippen LogP contribution in [0, 0.1) is 20.8 Å². The molecule has 0 radical (unpaired) electrons. The third-order valence-corrected chi connectivity index (χ3v) is 6.92. The zero-order chi connectivity index (χ0) is 14.5. The van der Waals surface area contributed by atoms with Crippen LogP contribution >= 0.6 is 7.92 Å². The van der Waals surface area contributed by atoms with Gasteiger partial charge in [0.2, 0.25) is 0 Å². The van der Waals surface area contributed by atoms with E-state index in [1.165, 1.54) is 35.7 Å². The summed E-state index contributed by atoms with van der Waals surface area (Å²) in [6, 6.07) is 15.7. The number of hydrogen-bond acceptors (Lipinski definition) is 0. The van der Waals surface area contributed by atoms with E-state index in [9.17, 15) is 0 Å². The van der Waals surface area contributed by atoms with Crippen molar-refractivity contribution in [3.63, 3.8) is 0 Å². The lowest BCUT2D eigenvalue weighted by atomic mass is 10.1. The van der Waals surface area contributed by atoms with Crippen LogP contribution in [-0.4, -0.2) is 6.16 Å². The van der Waals surface area contributed by atoms with Crippen molar-refractivity contribution in [2.45, 2.75) is 40.5 Å². The van der Waals surface area contributed by atoms with E-state index < -0.39 is 0 Å². The zero-order valence-corrected chi connectivity index (χ0v) is 14.0. The van der Waals surface area contributed by atoms with Gasteiger partial charge in [-0.2, -0.15) is 0 Å². The van der Waals surface area contributed by atoms with Gasteiger partial charge >= 0.3 is 0 Å². The second kappa shape index (κ2) is 7.04. The molecule has 106 valence electrons. The first-order valence-electron chi connectivity index (χ1n) is 7.54. The van der Waals surface area contributed by atoms with E-state index in [2.05, 4.69) is 70.2 Å². The molecule has 0 nitrogen and oxygen atoms in total. The summed E-state index contributed by atoms with van der Waals surface area (Å²) in [4.78, 5) is 0. The largest absolute Gasteiger partial charge is 0.0654 e. The summed E-state index contributed by atoms with van der Waals surface area (Å²) >= 11 is 0. The summed E-state index contributed by atoms with van der Waals surface area (Å²) in [6.45, 7) is 9.05. The number of hydrogen-bond donors (Lipinski definition) is 0. The van der Waals surface area contributed by atoms with E-state index >= 15 is 0 Å². The third kappa shape index (κ3) is 3.30. The van der Waals surface area contributed by atoms with Gasteiger partial charge < -0.3 is 0 Å². The topological polar surface area (TPSA) is 0 Å². The molecule has 0 saturated carbocycles. The summed E-state index contributed by atoms with van der Waals surface area (Å²) in [6.07, 6.45) is 3.89. The molecule has 2 aromatic rings. The van der Waals surface area contributed by atoms with Crippen LogP contribution in [0.15, 0.2) is 42.5 Å². The maximum atomic E-state index is 2.34. The van der Waals surface area contributed by atoms with Crippen LogP contribution in [0.4, 0.5) is 0 Å². The first-order valence-corrected chi connectivity index (χ1v) is 9.07. The van der Waals surface area contributed by atoms with Crippen LogP contribution in [-0.2, 0) is 0 Å². The molecule has 0 heterocycles. The number of aryl methyl sites for hydroxylation is 2. The normalized spacial score (nSPS) is 12.4. The Kier molecular flexibility index (Phi) is 5.38. The van der Waals surface area contributed by atoms with Gasteiger partial charge in [-0.1, -0.05) is 55.8 Å². The van der Waals surface area contributed by atoms with Crippen LogP contribution in [0.25, 0.3) is 0 Å². The standard InChI is InChI=1S/C19H25P/c1-5-6-14-20(18-12-8-7-10-16(18)3)19-13-9-11-15(2)17(19)4/h7-13H,5-6,14H2,1-4H3. The number of unbranched alkanes of at least 4 members (excludes halogenated alkanes) is 1. The van der Waals surface area contributed by atoms with Gasteiger partial charge in [0, 0.05) is 0 Å². The fourth-order valence-corrected chi connectivity index (χ4v) is 5.57. The second-order valence-corrected chi connectivity index (χ2v) is 7.78. The summed E-state index contributed by atoms with van der Waals surface area (Å²) in [5, 5.41) is 3.13.